The van der Waals surface area contributed by atoms with E-state index in [0.717, 1.165) is 0 Å². The number of Topliss-reactive ketones (excluding diaryl/α,β-unsaturated/α-hetero) is 1. The quantitative estimate of drug-likeness (QED) is 0.729. The summed E-state index contributed by atoms with van der Waals surface area (Å²) < 4.78 is 0. The molecule has 1 saturated heterocycles. The van der Waals surface area contributed by atoms with Gasteiger partial charge in [-0.1, -0.05) is 0 Å². The molecule has 0 aliphatic carbocycles. The lowest BCUT2D eigenvalue weighted by atomic mass is 10.1. The molecular formula is C13H12N2O2. The minimum Gasteiger partial charge on any atom is -0.338 e. The zero-order valence-corrected chi connectivity index (χ0v) is 9.35. The molecule has 4 nitrogen and oxygen atoms in total. The summed E-state index contributed by atoms with van der Waals surface area (Å²) in [5.41, 5.74) is 1.11. The van der Waals surface area contributed by atoms with Gasteiger partial charge in [0.2, 0.25) is 0 Å². The smallest absolute Gasteiger partial charge is 0.253 e. The predicted octanol–water partition coefficient (Wildman–Crippen LogP) is 1.36. The lowest BCUT2D eigenvalue weighted by Gasteiger charge is -2.26. The van der Waals surface area contributed by atoms with Crippen LogP contribution in [0.1, 0.15) is 28.8 Å². The Morgan fingerprint density at radius 3 is 2.29 bits per heavy atom. The Hall–Kier alpha value is -2.15. The van der Waals surface area contributed by atoms with Crippen LogP contribution in [0.15, 0.2) is 24.3 Å². The van der Waals surface area contributed by atoms with Gasteiger partial charge in [0.1, 0.15) is 5.78 Å². The lowest BCUT2D eigenvalue weighted by molar-refractivity contribution is -0.120. The Labute approximate surface area is 99.5 Å². The summed E-state index contributed by atoms with van der Waals surface area (Å²) in [6.45, 7) is 0.995. The average Bonchev–Trinajstić information content (AvgIpc) is 2.39. The van der Waals surface area contributed by atoms with Gasteiger partial charge in [0.05, 0.1) is 11.6 Å². The normalized spacial score (nSPS) is 15.5. The van der Waals surface area contributed by atoms with Crippen molar-refractivity contribution in [2.24, 2.45) is 0 Å². The molecule has 1 aromatic carbocycles. The number of hydrogen-bond donors (Lipinski definition) is 0. The van der Waals surface area contributed by atoms with Crippen LogP contribution in [0, 0.1) is 11.3 Å². The van der Waals surface area contributed by atoms with Gasteiger partial charge in [0.25, 0.3) is 5.91 Å². The molecule has 0 spiro atoms. The lowest BCUT2D eigenvalue weighted by Crippen LogP contribution is -2.38. The number of likely N-dealkylation sites (tertiary alicyclic amines) is 1. The van der Waals surface area contributed by atoms with Crippen LogP contribution in [0.4, 0.5) is 0 Å². The van der Waals surface area contributed by atoms with E-state index in [9.17, 15) is 9.59 Å². The third-order valence-electron chi connectivity index (χ3n) is 2.87. The molecule has 1 heterocycles. The maximum atomic E-state index is 12.0. The van der Waals surface area contributed by atoms with Crippen LogP contribution in [0.25, 0.3) is 0 Å². The van der Waals surface area contributed by atoms with Gasteiger partial charge in [-0.25, -0.2) is 0 Å². The Balaban J connectivity index is 2.09. The largest absolute Gasteiger partial charge is 0.338 e. The average molecular weight is 228 g/mol. The van der Waals surface area contributed by atoms with Crippen LogP contribution < -0.4 is 0 Å². The van der Waals surface area contributed by atoms with Crippen LogP contribution in [0.5, 0.6) is 0 Å². The molecule has 1 aliphatic rings. The molecule has 4 heteroatoms. The van der Waals surface area contributed by atoms with Gasteiger partial charge in [-0.2, -0.15) is 5.26 Å². The van der Waals surface area contributed by atoms with Crippen molar-refractivity contribution in [2.75, 3.05) is 13.1 Å². The second-order valence-electron chi connectivity index (χ2n) is 4.02. The zero-order valence-electron chi connectivity index (χ0n) is 9.35. The fourth-order valence-electron chi connectivity index (χ4n) is 1.83. The van der Waals surface area contributed by atoms with Crippen LogP contribution in [0.2, 0.25) is 0 Å². The molecule has 17 heavy (non-hydrogen) atoms. The Bertz CT molecular complexity index is 475. The number of ketones is 1. The van der Waals surface area contributed by atoms with Crippen molar-refractivity contribution >= 4 is 11.7 Å². The zero-order chi connectivity index (χ0) is 12.3. The number of benzene rings is 1. The van der Waals surface area contributed by atoms with E-state index in [2.05, 4.69) is 0 Å². The van der Waals surface area contributed by atoms with Crippen molar-refractivity contribution in [2.45, 2.75) is 12.8 Å². The van der Waals surface area contributed by atoms with E-state index in [1.54, 1.807) is 29.2 Å². The molecule has 86 valence electrons. The monoisotopic (exact) mass is 228 g/mol. The minimum atomic E-state index is -0.0676. The van der Waals surface area contributed by atoms with Crippen molar-refractivity contribution in [3.05, 3.63) is 35.4 Å². The molecule has 1 aromatic rings. The molecular weight excluding hydrogens is 216 g/mol. The fraction of sp³-hybridized carbons (Fsp3) is 0.308. The molecule has 0 atom stereocenters. The molecule has 0 unspecified atom stereocenters. The van der Waals surface area contributed by atoms with Gasteiger partial charge in [0, 0.05) is 31.5 Å². The number of nitriles is 1. The van der Waals surface area contributed by atoms with Gasteiger partial charge >= 0.3 is 0 Å². The summed E-state index contributed by atoms with van der Waals surface area (Å²) in [7, 11) is 0. The predicted molar refractivity (Wildman–Crippen MR) is 61.3 cm³/mol. The summed E-state index contributed by atoms with van der Waals surface area (Å²) in [6.07, 6.45) is 0.893. The Kier molecular flexibility index (Phi) is 3.20. The highest BCUT2D eigenvalue weighted by atomic mass is 16.2. The first-order valence-electron chi connectivity index (χ1n) is 5.52. The molecule has 0 N–H and O–H groups in total. The number of carbonyl (C=O) groups excluding carboxylic acids is 2. The van der Waals surface area contributed by atoms with Crippen molar-refractivity contribution in [1.29, 1.82) is 5.26 Å². The number of hydrogen-bond acceptors (Lipinski definition) is 3. The Morgan fingerprint density at radius 1 is 1.18 bits per heavy atom. The SMILES string of the molecule is N#Cc1ccc(C(=O)N2CCC(=O)CC2)cc1. The molecule has 0 aromatic heterocycles. The van der Waals surface area contributed by atoms with E-state index in [0.29, 0.717) is 37.1 Å². The number of piperidine rings is 1. The second kappa shape index (κ2) is 4.79. The van der Waals surface area contributed by atoms with Crippen LogP contribution >= 0.6 is 0 Å². The van der Waals surface area contributed by atoms with Crippen LogP contribution in [-0.4, -0.2) is 29.7 Å². The van der Waals surface area contributed by atoms with Crippen molar-refractivity contribution < 1.29 is 9.59 Å². The molecule has 2 rings (SSSR count). The highest BCUT2D eigenvalue weighted by Crippen LogP contribution is 2.12. The first-order chi connectivity index (χ1) is 8.20. The third-order valence-corrected chi connectivity index (χ3v) is 2.87. The van der Waals surface area contributed by atoms with E-state index in [1.165, 1.54) is 0 Å². The van der Waals surface area contributed by atoms with E-state index < -0.39 is 0 Å². The maximum absolute atomic E-state index is 12.0. The minimum absolute atomic E-state index is 0.0676. The van der Waals surface area contributed by atoms with Gasteiger partial charge in [0.15, 0.2) is 0 Å². The van der Waals surface area contributed by atoms with E-state index in [4.69, 9.17) is 5.26 Å². The number of carbonyl (C=O) groups is 2. The summed E-state index contributed by atoms with van der Waals surface area (Å²) in [5.74, 6) is 0.149. The summed E-state index contributed by atoms with van der Waals surface area (Å²) >= 11 is 0. The number of nitrogens with zero attached hydrogens (tertiary/aromatic N) is 2. The second-order valence-corrected chi connectivity index (χ2v) is 4.02. The molecule has 1 aliphatic heterocycles. The van der Waals surface area contributed by atoms with Crippen molar-refractivity contribution in [3.8, 4) is 6.07 Å². The van der Waals surface area contributed by atoms with Gasteiger partial charge < -0.3 is 4.90 Å². The molecule has 0 saturated carbocycles. The van der Waals surface area contributed by atoms with Gasteiger partial charge in [-0.15, -0.1) is 0 Å². The topological polar surface area (TPSA) is 61.2 Å². The van der Waals surface area contributed by atoms with Crippen LogP contribution in [0.3, 0.4) is 0 Å². The summed E-state index contributed by atoms with van der Waals surface area (Å²) in [6, 6.07) is 8.56. The highest BCUT2D eigenvalue weighted by molar-refractivity contribution is 5.95. The summed E-state index contributed by atoms with van der Waals surface area (Å²) in [4.78, 5) is 24.8. The molecule has 0 bridgehead atoms. The molecule has 1 amide bonds. The molecule has 0 radical (unpaired) electrons. The third kappa shape index (κ3) is 2.51. The standard InChI is InChI=1S/C13H12N2O2/c14-9-10-1-3-11(4-2-10)13(17)15-7-5-12(16)6-8-15/h1-4H,5-8H2. The van der Waals surface area contributed by atoms with Crippen molar-refractivity contribution in [3.63, 3.8) is 0 Å². The highest BCUT2D eigenvalue weighted by Gasteiger charge is 2.21. The number of rotatable bonds is 1. The van der Waals surface area contributed by atoms with Crippen LogP contribution in [-0.2, 0) is 4.79 Å². The van der Waals surface area contributed by atoms with Crippen molar-refractivity contribution in [1.82, 2.24) is 4.90 Å². The van der Waals surface area contributed by atoms with E-state index in [1.807, 2.05) is 6.07 Å². The maximum Gasteiger partial charge on any atom is 0.253 e. The van der Waals surface area contributed by atoms with E-state index in [-0.39, 0.29) is 11.7 Å². The summed E-state index contributed by atoms with van der Waals surface area (Å²) in [5, 5.41) is 8.66. The first-order valence-corrected chi connectivity index (χ1v) is 5.52. The van der Waals surface area contributed by atoms with Gasteiger partial charge in [-0.3, -0.25) is 9.59 Å². The molecule has 1 fully saturated rings. The first kappa shape index (κ1) is 11.3. The Morgan fingerprint density at radius 2 is 1.76 bits per heavy atom. The number of amides is 1. The van der Waals surface area contributed by atoms with Gasteiger partial charge in [-0.05, 0) is 24.3 Å². The van der Waals surface area contributed by atoms with E-state index >= 15 is 0 Å². The fourth-order valence-corrected chi connectivity index (χ4v) is 1.83.